The van der Waals surface area contributed by atoms with Crippen molar-refractivity contribution < 1.29 is 14.3 Å². The van der Waals surface area contributed by atoms with Gasteiger partial charge in [0, 0.05) is 19.3 Å². The fourth-order valence-corrected chi connectivity index (χ4v) is 2.48. The predicted octanol–water partition coefficient (Wildman–Crippen LogP) is -0.0976. The van der Waals surface area contributed by atoms with Crippen molar-refractivity contribution in [2.24, 2.45) is 0 Å². The average Bonchev–Trinajstić information content (AvgIpc) is 2.33. The molecule has 2 amide bonds. The lowest BCUT2D eigenvalue weighted by molar-refractivity contribution is -0.150. The Kier molecular flexibility index (Phi) is 3.43. The number of nitrogens with zero attached hydrogens (tertiary/aromatic N) is 1. The summed E-state index contributed by atoms with van der Waals surface area (Å²) in [7, 11) is 0. The van der Waals surface area contributed by atoms with Crippen LogP contribution < -0.4 is 5.32 Å². The lowest BCUT2D eigenvalue weighted by Gasteiger charge is -2.41. The van der Waals surface area contributed by atoms with Crippen LogP contribution in [0.5, 0.6) is 0 Å². The Hall–Kier alpha value is -1.10. The van der Waals surface area contributed by atoms with Crippen molar-refractivity contribution >= 4 is 11.8 Å². The molecule has 0 aromatic carbocycles. The molecule has 0 bridgehead atoms. The third-order valence-corrected chi connectivity index (χ3v) is 3.31. The molecule has 1 N–H and O–H groups in total. The van der Waals surface area contributed by atoms with Crippen LogP contribution in [0, 0.1) is 0 Å². The van der Waals surface area contributed by atoms with Crippen molar-refractivity contribution in [2.75, 3.05) is 19.8 Å². The lowest BCUT2D eigenvalue weighted by Crippen LogP contribution is -2.61. The van der Waals surface area contributed by atoms with Crippen molar-refractivity contribution in [1.82, 2.24) is 10.2 Å². The third-order valence-electron chi connectivity index (χ3n) is 3.31. The number of amides is 2. The van der Waals surface area contributed by atoms with Crippen molar-refractivity contribution in [3.63, 3.8) is 0 Å². The Bertz CT molecular complexity index is 287. The van der Waals surface area contributed by atoms with Crippen LogP contribution in [0.1, 0.15) is 26.2 Å². The van der Waals surface area contributed by atoms with Gasteiger partial charge in [0.05, 0.1) is 6.54 Å². The molecule has 2 heterocycles. The smallest absolute Gasteiger partial charge is 0.243 e. The van der Waals surface area contributed by atoms with Crippen LogP contribution in [-0.2, 0) is 14.3 Å². The molecular weight excluding hydrogens is 208 g/mol. The van der Waals surface area contributed by atoms with E-state index in [1.807, 2.05) is 6.92 Å². The number of piperazine rings is 1. The van der Waals surface area contributed by atoms with Crippen LogP contribution in [-0.4, -0.2) is 48.6 Å². The van der Waals surface area contributed by atoms with Gasteiger partial charge in [-0.3, -0.25) is 9.59 Å². The summed E-state index contributed by atoms with van der Waals surface area (Å²) >= 11 is 0. The maximum Gasteiger partial charge on any atom is 0.243 e. The lowest BCUT2D eigenvalue weighted by atomic mass is 10.0. The predicted molar refractivity (Wildman–Crippen MR) is 57.8 cm³/mol. The van der Waals surface area contributed by atoms with Gasteiger partial charge in [0.1, 0.15) is 6.04 Å². The van der Waals surface area contributed by atoms with E-state index in [2.05, 4.69) is 5.32 Å². The van der Waals surface area contributed by atoms with E-state index < -0.39 is 0 Å². The number of hydrogen-bond acceptors (Lipinski definition) is 3. The van der Waals surface area contributed by atoms with Gasteiger partial charge in [-0.1, -0.05) is 6.92 Å². The third kappa shape index (κ3) is 2.04. The van der Waals surface area contributed by atoms with Gasteiger partial charge in [-0.05, 0) is 19.3 Å². The minimum atomic E-state index is -0.288. The fraction of sp³-hybridized carbons (Fsp3) is 0.818. The summed E-state index contributed by atoms with van der Waals surface area (Å²) in [4.78, 5) is 25.3. The standard InChI is InChI=1S/C11H18N2O3/c1-2-9-11(15)12-7-10(14)13(9)8-3-5-16-6-4-8/h8-9H,2-7H2,1H3,(H,12,15). The zero-order valence-electron chi connectivity index (χ0n) is 9.57. The Morgan fingerprint density at radius 3 is 2.69 bits per heavy atom. The van der Waals surface area contributed by atoms with Crippen molar-refractivity contribution in [1.29, 1.82) is 0 Å². The minimum absolute atomic E-state index is 0.0198. The van der Waals surface area contributed by atoms with E-state index in [0.29, 0.717) is 19.6 Å². The van der Waals surface area contributed by atoms with E-state index in [9.17, 15) is 9.59 Å². The van der Waals surface area contributed by atoms with E-state index in [-0.39, 0.29) is 30.4 Å². The molecule has 2 aliphatic rings. The second kappa shape index (κ2) is 4.82. The van der Waals surface area contributed by atoms with E-state index in [4.69, 9.17) is 4.74 Å². The van der Waals surface area contributed by atoms with Crippen LogP contribution in [0.2, 0.25) is 0 Å². The number of nitrogens with one attached hydrogen (secondary N) is 1. The van der Waals surface area contributed by atoms with Crippen molar-refractivity contribution in [3.8, 4) is 0 Å². The highest BCUT2D eigenvalue weighted by Crippen LogP contribution is 2.21. The zero-order valence-corrected chi connectivity index (χ0v) is 9.57. The highest BCUT2D eigenvalue weighted by Gasteiger charge is 2.37. The first-order valence-corrected chi connectivity index (χ1v) is 5.90. The topological polar surface area (TPSA) is 58.6 Å². The van der Waals surface area contributed by atoms with Gasteiger partial charge in [-0.15, -0.1) is 0 Å². The molecule has 0 aromatic heterocycles. The number of carbonyl (C=O) groups is 2. The Morgan fingerprint density at radius 1 is 1.38 bits per heavy atom. The molecule has 1 unspecified atom stereocenters. The first-order chi connectivity index (χ1) is 7.74. The molecule has 90 valence electrons. The zero-order chi connectivity index (χ0) is 11.5. The second-order valence-corrected chi connectivity index (χ2v) is 4.29. The van der Waals surface area contributed by atoms with Crippen LogP contribution in [0.25, 0.3) is 0 Å². The molecule has 0 saturated carbocycles. The van der Waals surface area contributed by atoms with E-state index in [0.717, 1.165) is 12.8 Å². The largest absolute Gasteiger partial charge is 0.381 e. The number of ether oxygens (including phenoxy) is 1. The Balaban J connectivity index is 2.13. The molecule has 1 atom stereocenters. The summed E-state index contributed by atoms with van der Waals surface area (Å²) in [5.41, 5.74) is 0. The normalized spacial score (nSPS) is 28.1. The molecule has 5 heteroatoms. The molecule has 2 saturated heterocycles. The number of carbonyl (C=O) groups excluding carboxylic acids is 2. The van der Waals surface area contributed by atoms with Gasteiger partial charge in [0.15, 0.2) is 0 Å². The molecular formula is C11H18N2O3. The van der Waals surface area contributed by atoms with Crippen LogP contribution >= 0.6 is 0 Å². The second-order valence-electron chi connectivity index (χ2n) is 4.29. The van der Waals surface area contributed by atoms with Crippen LogP contribution in [0.3, 0.4) is 0 Å². The molecule has 2 rings (SSSR count). The van der Waals surface area contributed by atoms with Gasteiger partial charge in [0.2, 0.25) is 11.8 Å². The van der Waals surface area contributed by atoms with E-state index >= 15 is 0 Å². The Morgan fingerprint density at radius 2 is 2.06 bits per heavy atom. The summed E-state index contributed by atoms with van der Waals surface area (Å²) in [5, 5.41) is 2.64. The summed E-state index contributed by atoms with van der Waals surface area (Å²) in [6.07, 6.45) is 2.36. The van der Waals surface area contributed by atoms with Gasteiger partial charge in [-0.25, -0.2) is 0 Å². The summed E-state index contributed by atoms with van der Waals surface area (Å²) in [5.74, 6) is 0.0203. The molecule has 2 aliphatic heterocycles. The first kappa shape index (κ1) is 11.4. The van der Waals surface area contributed by atoms with E-state index in [1.54, 1.807) is 4.90 Å². The molecule has 5 nitrogen and oxygen atoms in total. The summed E-state index contributed by atoms with van der Waals surface area (Å²) < 4.78 is 5.28. The SMILES string of the molecule is CCC1C(=O)NCC(=O)N1C1CCOCC1. The quantitative estimate of drug-likeness (QED) is 0.715. The maximum absolute atomic E-state index is 11.9. The molecule has 16 heavy (non-hydrogen) atoms. The van der Waals surface area contributed by atoms with Gasteiger partial charge < -0.3 is 15.0 Å². The first-order valence-electron chi connectivity index (χ1n) is 5.90. The van der Waals surface area contributed by atoms with Gasteiger partial charge >= 0.3 is 0 Å². The highest BCUT2D eigenvalue weighted by atomic mass is 16.5. The fourth-order valence-electron chi connectivity index (χ4n) is 2.48. The van der Waals surface area contributed by atoms with Crippen LogP contribution in [0.4, 0.5) is 0 Å². The van der Waals surface area contributed by atoms with Gasteiger partial charge in [0.25, 0.3) is 0 Å². The monoisotopic (exact) mass is 226 g/mol. The molecule has 0 aliphatic carbocycles. The van der Waals surface area contributed by atoms with Crippen molar-refractivity contribution in [2.45, 2.75) is 38.3 Å². The van der Waals surface area contributed by atoms with Gasteiger partial charge in [-0.2, -0.15) is 0 Å². The average molecular weight is 226 g/mol. The number of hydrogen-bond donors (Lipinski definition) is 1. The molecule has 0 aromatic rings. The highest BCUT2D eigenvalue weighted by molar-refractivity contribution is 5.94. The number of rotatable bonds is 2. The van der Waals surface area contributed by atoms with Crippen molar-refractivity contribution in [3.05, 3.63) is 0 Å². The molecule has 0 radical (unpaired) electrons. The minimum Gasteiger partial charge on any atom is -0.381 e. The van der Waals surface area contributed by atoms with E-state index in [1.165, 1.54) is 0 Å². The van der Waals surface area contributed by atoms with Crippen LogP contribution in [0.15, 0.2) is 0 Å². The molecule has 0 spiro atoms. The summed E-state index contributed by atoms with van der Waals surface area (Å²) in [6, 6.07) is -0.110. The molecule has 2 fully saturated rings. The maximum atomic E-state index is 11.9. The summed E-state index contributed by atoms with van der Waals surface area (Å²) in [6.45, 7) is 3.46. The Labute approximate surface area is 95.1 Å².